The van der Waals surface area contributed by atoms with E-state index >= 15 is 0 Å². The van der Waals surface area contributed by atoms with Gasteiger partial charge in [0.2, 0.25) is 0 Å². The number of rotatable bonds is 6. The molecule has 7 nitrogen and oxygen atoms in total. The van der Waals surface area contributed by atoms with Gasteiger partial charge < -0.3 is 10.1 Å². The Kier molecular flexibility index (Phi) is 5.05. The Balaban J connectivity index is 3.46. The maximum Gasteiger partial charge on any atom is 0.352 e. The molecule has 0 spiro atoms. The van der Waals surface area contributed by atoms with Crippen LogP contribution in [-0.4, -0.2) is 38.6 Å². The standard InChI is InChI=1S/C12H19N3O4/c1-4-14(5-2)7-8-9(11(17)18)13-12(19)15(6-3)10(8)16/h4-7H2,1-3H3,(H,13,19)(H,17,18). The maximum absolute atomic E-state index is 12.2. The minimum Gasteiger partial charge on any atom is -0.477 e. The third kappa shape index (κ3) is 3.11. The first-order valence-corrected chi connectivity index (χ1v) is 6.27. The van der Waals surface area contributed by atoms with Crippen LogP contribution in [0.2, 0.25) is 0 Å². The van der Waals surface area contributed by atoms with E-state index in [9.17, 15) is 14.4 Å². The smallest absolute Gasteiger partial charge is 0.352 e. The van der Waals surface area contributed by atoms with Crippen molar-refractivity contribution in [2.75, 3.05) is 13.1 Å². The molecule has 0 saturated heterocycles. The van der Waals surface area contributed by atoms with Crippen molar-refractivity contribution < 1.29 is 9.90 Å². The summed E-state index contributed by atoms with van der Waals surface area (Å²) < 4.78 is 1.01. The minimum absolute atomic E-state index is 0.123. The highest BCUT2D eigenvalue weighted by atomic mass is 16.4. The predicted octanol–water partition coefficient (Wildman–Crippen LogP) is 0.0965. The van der Waals surface area contributed by atoms with E-state index in [-0.39, 0.29) is 24.3 Å². The van der Waals surface area contributed by atoms with Gasteiger partial charge in [0.25, 0.3) is 5.56 Å². The van der Waals surface area contributed by atoms with E-state index in [4.69, 9.17) is 5.11 Å². The molecule has 0 fully saturated rings. The topological polar surface area (TPSA) is 95.4 Å². The van der Waals surface area contributed by atoms with Crippen LogP contribution in [0.15, 0.2) is 9.59 Å². The molecule has 0 aliphatic heterocycles. The lowest BCUT2D eigenvalue weighted by atomic mass is 10.2. The SMILES string of the molecule is CCN(CC)Cc1c(C(=O)O)[nH]c(=O)n(CC)c1=O. The first-order valence-electron chi connectivity index (χ1n) is 6.27. The van der Waals surface area contributed by atoms with Gasteiger partial charge in [0.1, 0.15) is 5.69 Å². The number of carboxylic acid groups (broad SMARTS) is 1. The van der Waals surface area contributed by atoms with E-state index < -0.39 is 17.2 Å². The van der Waals surface area contributed by atoms with E-state index in [1.807, 2.05) is 18.7 Å². The average molecular weight is 269 g/mol. The van der Waals surface area contributed by atoms with Gasteiger partial charge in [-0.3, -0.25) is 14.3 Å². The molecule has 0 amide bonds. The second kappa shape index (κ2) is 6.33. The van der Waals surface area contributed by atoms with Gasteiger partial charge in [-0.1, -0.05) is 13.8 Å². The van der Waals surface area contributed by atoms with Gasteiger partial charge in [-0.15, -0.1) is 0 Å². The highest BCUT2D eigenvalue weighted by molar-refractivity contribution is 5.86. The van der Waals surface area contributed by atoms with Crippen LogP contribution in [0.4, 0.5) is 0 Å². The number of H-pyrrole nitrogens is 1. The largest absolute Gasteiger partial charge is 0.477 e. The van der Waals surface area contributed by atoms with Gasteiger partial charge in [0.05, 0.1) is 5.56 Å². The van der Waals surface area contributed by atoms with Crippen LogP contribution in [0, 0.1) is 0 Å². The van der Waals surface area contributed by atoms with Crippen LogP contribution in [0.5, 0.6) is 0 Å². The van der Waals surface area contributed by atoms with E-state index in [2.05, 4.69) is 4.98 Å². The Morgan fingerprint density at radius 1 is 1.26 bits per heavy atom. The number of nitrogens with zero attached hydrogens (tertiary/aromatic N) is 2. The molecule has 1 aromatic rings. The van der Waals surface area contributed by atoms with Crippen LogP contribution in [-0.2, 0) is 13.1 Å². The first-order chi connectivity index (χ1) is 8.96. The summed E-state index contributed by atoms with van der Waals surface area (Å²) in [6, 6.07) is 0. The number of aromatic amines is 1. The molecular weight excluding hydrogens is 250 g/mol. The zero-order chi connectivity index (χ0) is 14.6. The summed E-state index contributed by atoms with van der Waals surface area (Å²) in [6.45, 7) is 7.32. The third-order valence-corrected chi connectivity index (χ3v) is 3.09. The van der Waals surface area contributed by atoms with Crippen molar-refractivity contribution >= 4 is 5.97 Å². The lowest BCUT2D eigenvalue weighted by Crippen LogP contribution is -2.41. The second-order valence-corrected chi connectivity index (χ2v) is 4.10. The van der Waals surface area contributed by atoms with Gasteiger partial charge in [0, 0.05) is 13.1 Å². The number of nitrogens with one attached hydrogen (secondary N) is 1. The Hall–Kier alpha value is -1.89. The molecule has 19 heavy (non-hydrogen) atoms. The summed E-state index contributed by atoms with van der Waals surface area (Å²) in [4.78, 5) is 39.1. The van der Waals surface area contributed by atoms with Crippen molar-refractivity contribution in [1.82, 2.24) is 14.5 Å². The molecule has 7 heteroatoms. The van der Waals surface area contributed by atoms with Crippen molar-refractivity contribution in [3.05, 3.63) is 32.1 Å². The first kappa shape index (κ1) is 15.2. The number of aromatic carboxylic acids is 1. The van der Waals surface area contributed by atoms with E-state index in [0.29, 0.717) is 13.1 Å². The van der Waals surface area contributed by atoms with Gasteiger partial charge in [-0.25, -0.2) is 9.59 Å². The number of hydrogen-bond donors (Lipinski definition) is 2. The quantitative estimate of drug-likeness (QED) is 0.763. The van der Waals surface area contributed by atoms with E-state index in [0.717, 1.165) is 4.57 Å². The predicted molar refractivity (Wildman–Crippen MR) is 70.6 cm³/mol. The van der Waals surface area contributed by atoms with Crippen molar-refractivity contribution in [2.24, 2.45) is 0 Å². The molecule has 0 aliphatic carbocycles. The number of carboxylic acids is 1. The van der Waals surface area contributed by atoms with Crippen molar-refractivity contribution in [2.45, 2.75) is 33.9 Å². The van der Waals surface area contributed by atoms with Crippen LogP contribution in [0.25, 0.3) is 0 Å². The molecule has 0 atom stereocenters. The summed E-state index contributed by atoms with van der Waals surface area (Å²) in [7, 11) is 0. The van der Waals surface area contributed by atoms with Crippen molar-refractivity contribution in [1.29, 1.82) is 0 Å². The number of carbonyl (C=O) groups is 1. The van der Waals surface area contributed by atoms with Crippen molar-refractivity contribution in [3.8, 4) is 0 Å². The average Bonchev–Trinajstić information content (AvgIpc) is 2.37. The van der Waals surface area contributed by atoms with E-state index in [1.54, 1.807) is 6.92 Å². The molecule has 0 saturated carbocycles. The molecule has 2 N–H and O–H groups in total. The minimum atomic E-state index is -1.29. The molecule has 106 valence electrons. The van der Waals surface area contributed by atoms with Crippen LogP contribution < -0.4 is 11.2 Å². The molecule has 0 aliphatic rings. The zero-order valence-corrected chi connectivity index (χ0v) is 11.4. The van der Waals surface area contributed by atoms with Crippen molar-refractivity contribution in [3.63, 3.8) is 0 Å². The fourth-order valence-corrected chi connectivity index (χ4v) is 1.90. The lowest BCUT2D eigenvalue weighted by Gasteiger charge is -2.19. The van der Waals surface area contributed by atoms with Gasteiger partial charge in [0.15, 0.2) is 0 Å². The lowest BCUT2D eigenvalue weighted by molar-refractivity contribution is 0.0686. The number of hydrogen-bond acceptors (Lipinski definition) is 4. The van der Waals surface area contributed by atoms with Crippen LogP contribution >= 0.6 is 0 Å². The molecule has 0 bridgehead atoms. The molecule has 0 unspecified atom stereocenters. The van der Waals surface area contributed by atoms with E-state index in [1.165, 1.54) is 0 Å². The fourth-order valence-electron chi connectivity index (χ4n) is 1.90. The zero-order valence-electron chi connectivity index (χ0n) is 11.4. The molecule has 0 radical (unpaired) electrons. The summed E-state index contributed by atoms with van der Waals surface area (Å²) >= 11 is 0. The summed E-state index contributed by atoms with van der Waals surface area (Å²) in [5, 5.41) is 9.10. The second-order valence-electron chi connectivity index (χ2n) is 4.10. The fraction of sp³-hybridized carbons (Fsp3) is 0.583. The van der Waals surface area contributed by atoms with Gasteiger partial charge in [-0.05, 0) is 20.0 Å². The molecular formula is C12H19N3O4. The maximum atomic E-state index is 12.2. The Morgan fingerprint density at radius 3 is 2.26 bits per heavy atom. The number of aromatic nitrogens is 2. The Labute approximate surface area is 110 Å². The normalized spacial score (nSPS) is 10.9. The van der Waals surface area contributed by atoms with Crippen LogP contribution in [0.1, 0.15) is 36.8 Å². The summed E-state index contributed by atoms with van der Waals surface area (Å²) in [5.41, 5.74) is -1.41. The van der Waals surface area contributed by atoms with Gasteiger partial charge in [-0.2, -0.15) is 0 Å². The molecule has 1 heterocycles. The van der Waals surface area contributed by atoms with Crippen LogP contribution in [0.3, 0.4) is 0 Å². The summed E-state index contributed by atoms with van der Waals surface area (Å²) in [5.74, 6) is -1.29. The molecule has 0 aromatic carbocycles. The van der Waals surface area contributed by atoms with Gasteiger partial charge >= 0.3 is 11.7 Å². The Bertz CT molecular complexity index is 569. The third-order valence-electron chi connectivity index (χ3n) is 3.09. The Morgan fingerprint density at radius 2 is 1.84 bits per heavy atom. The molecule has 1 rings (SSSR count). The highest BCUT2D eigenvalue weighted by Gasteiger charge is 2.19. The monoisotopic (exact) mass is 269 g/mol. The molecule has 1 aromatic heterocycles. The summed E-state index contributed by atoms with van der Waals surface area (Å²) in [6.07, 6.45) is 0. The highest BCUT2D eigenvalue weighted by Crippen LogP contribution is 2.03.